The Balaban J connectivity index is 1.55. The highest BCUT2D eigenvalue weighted by Crippen LogP contribution is 2.38. The maximum absolute atomic E-state index is 13.1. The molecule has 6 nitrogen and oxygen atoms in total. The summed E-state index contributed by atoms with van der Waals surface area (Å²) >= 11 is 6.23. The molecular formula is C26H24ClN3O3. The summed E-state index contributed by atoms with van der Waals surface area (Å²) in [6.07, 6.45) is 0.366. The molecule has 7 heteroatoms. The Hall–Kier alpha value is -3.51. The molecule has 33 heavy (non-hydrogen) atoms. The average Bonchev–Trinajstić information content (AvgIpc) is 3.40. The molecule has 0 aliphatic carbocycles. The number of carbonyl (C=O) groups is 1. The fourth-order valence-corrected chi connectivity index (χ4v) is 4.73. The minimum atomic E-state index is -0.0664. The molecular weight excluding hydrogens is 438 g/mol. The van der Waals surface area contributed by atoms with Crippen LogP contribution >= 0.6 is 11.6 Å². The Morgan fingerprint density at radius 3 is 2.58 bits per heavy atom. The number of rotatable bonds is 6. The molecule has 2 heterocycles. The van der Waals surface area contributed by atoms with Gasteiger partial charge in [0, 0.05) is 29.5 Å². The molecule has 0 bridgehead atoms. The highest BCUT2D eigenvalue weighted by Gasteiger charge is 2.36. The summed E-state index contributed by atoms with van der Waals surface area (Å²) in [4.78, 5) is 19.8. The molecule has 4 aromatic rings. The van der Waals surface area contributed by atoms with E-state index in [-0.39, 0.29) is 11.8 Å². The first-order valence-electron chi connectivity index (χ1n) is 10.8. The largest absolute Gasteiger partial charge is 0.496 e. The van der Waals surface area contributed by atoms with E-state index in [9.17, 15) is 4.79 Å². The van der Waals surface area contributed by atoms with E-state index >= 15 is 0 Å². The van der Waals surface area contributed by atoms with Crippen molar-refractivity contribution in [2.75, 3.05) is 25.7 Å². The average molecular weight is 462 g/mol. The van der Waals surface area contributed by atoms with Crippen molar-refractivity contribution in [3.05, 3.63) is 83.1 Å². The Morgan fingerprint density at radius 2 is 1.76 bits per heavy atom. The van der Waals surface area contributed by atoms with Crippen LogP contribution in [0.5, 0.6) is 11.5 Å². The van der Waals surface area contributed by atoms with Gasteiger partial charge in [-0.2, -0.15) is 0 Å². The van der Waals surface area contributed by atoms with Gasteiger partial charge in [-0.1, -0.05) is 41.9 Å². The fourth-order valence-electron chi connectivity index (χ4n) is 4.56. The minimum Gasteiger partial charge on any atom is -0.496 e. The number of anilines is 1. The molecule has 1 amide bonds. The van der Waals surface area contributed by atoms with E-state index in [0.29, 0.717) is 36.0 Å². The molecule has 0 N–H and O–H groups in total. The molecule has 1 saturated heterocycles. The van der Waals surface area contributed by atoms with Gasteiger partial charge in [0.25, 0.3) is 0 Å². The molecule has 1 atom stereocenters. The van der Waals surface area contributed by atoms with Crippen LogP contribution in [0, 0.1) is 0 Å². The molecule has 1 aliphatic rings. The summed E-state index contributed by atoms with van der Waals surface area (Å²) in [7, 11) is 3.27. The molecule has 1 fully saturated rings. The third-order valence-corrected chi connectivity index (χ3v) is 6.36. The van der Waals surface area contributed by atoms with Gasteiger partial charge < -0.3 is 18.9 Å². The van der Waals surface area contributed by atoms with Crippen LogP contribution in [0.15, 0.2) is 66.7 Å². The number of imidazole rings is 1. The monoisotopic (exact) mass is 461 g/mol. The third kappa shape index (κ3) is 3.91. The lowest BCUT2D eigenvalue weighted by Gasteiger charge is -2.20. The first-order valence-corrected chi connectivity index (χ1v) is 11.2. The van der Waals surface area contributed by atoms with Gasteiger partial charge in [-0.25, -0.2) is 4.98 Å². The molecule has 0 radical (unpaired) electrons. The third-order valence-electron chi connectivity index (χ3n) is 6.13. The van der Waals surface area contributed by atoms with Crippen LogP contribution in [-0.4, -0.2) is 36.2 Å². The van der Waals surface area contributed by atoms with Crippen LogP contribution in [0.25, 0.3) is 11.0 Å². The number of halogens is 1. The number of hydrogen-bond donors (Lipinski definition) is 0. The summed E-state index contributed by atoms with van der Waals surface area (Å²) in [6.45, 7) is 1.11. The number of ether oxygens (including phenoxy) is 2. The van der Waals surface area contributed by atoms with Gasteiger partial charge in [-0.3, -0.25) is 4.79 Å². The lowest BCUT2D eigenvalue weighted by molar-refractivity contribution is -0.117. The molecule has 0 saturated carbocycles. The van der Waals surface area contributed by atoms with Gasteiger partial charge in [0.15, 0.2) is 0 Å². The number of methoxy groups -OCH3 is 2. The molecule has 0 spiro atoms. The summed E-state index contributed by atoms with van der Waals surface area (Å²) in [5, 5.41) is 0.561. The van der Waals surface area contributed by atoms with Crippen molar-refractivity contribution < 1.29 is 14.3 Å². The summed E-state index contributed by atoms with van der Waals surface area (Å²) < 4.78 is 13.3. The summed E-state index contributed by atoms with van der Waals surface area (Å²) in [6, 6.07) is 21.4. The lowest BCUT2D eigenvalue weighted by atomic mass is 10.1. The van der Waals surface area contributed by atoms with Crippen LogP contribution in [0.1, 0.15) is 23.7 Å². The number of nitrogens with zero attached hydrogens (tertiary/aromatic N) is 3. The predicted octanol–water partition coefficient (Wildman–Crippen LogP) is 5.28. The van der Waals surface area contributed by atoms with Crippen LogP contribution in [-0.2, 0) is 11.3 Å². The number of carbonyl (C=O) groups excluding carboxylic acids is 1. The molecule has 5 rings (SSSR count). The number of aromatic nitrogens is 2. The van der Waals surface area contributed by atoms with E-state index < -0.39 is 0 Å². The molecule has 1 unspecified atom stereocenters. The first kappa shape index (κ1) is 21.3. The number of fused-ring (bicyclic) bond motifs is 1. The molecule has 168 valence electrons. The van der Waals surface area contributed by atoms with Gasteiger partial charge in [0.1, 0.15) is 17.3 Å². The maximum atomic E-state index is 13.1. The van der Waals surface area contributed by atoms with E-state index in [2.05, 4.69) is 16.7 Å². The van der Waals surface area contributed by atoms with Gasteiger partial charge in [0.2, 0.25) is 5.91 Å². The number of benzene rings is 3. The van der Waals surface area contributed by atoms with Crippen molar-refractivity contribution in [3.8, 4) is 11.5 Å². The van der Waals surface area contributed by atoms with Crippen LogP contribution in [0.3, 0.4) is 0 Å². The SMILES string of the molecule is COc1ccccc1Cn1c(C2CC(=O)N(c3cc(Cl)ccc3OC)C2)nc2ccccc21. The summed E-state index contributed by atoms with van der Waals surface area (Å²) in [5.41, 5.74) is 3.69. The Labute approximate surface area is 197 Å². The second-order valence-corrected chi connectivity index (χ2v) is 8.51. The Kier molecular flexibility index (Phi) is 5.68. The van der Waals surface area contributed by atoms with Crippen molar-refractivity contribution >= 4 is 34.2 Å². The standard InChI is InChI=1S/C26H24ClN3O3/c1-32-23-10-6-3-7-17(23)15-30-21-9-5-4-8-20(21)28-26(30)18-13-25(31)29(16-18)22-14-19(27)11-12-24(22)33-2/h3-12,14,18H,13,15-16H2,1-2H3. The number of hydrogen-bond acceptors (Lipinski definition) is 4. The quantitative estimate of drug-likeness (QED) is 0.392. The number of para-hydroxylation sites is 3. The summed E-state index contributed by atoms with van der Waals surface area (Å²) in [5.74, 6) is 2.30. The van der Waals surface area contributed by atoms with Crippen LogP contribution in [0.2, 0.25) is 5.02 Å². The zero-order valence-corrected chi connectivity index (χ0v) is 19.2. The maximum Gasteiger partial charge on any atom is 0.227 e. The van der Waals surface area contributed by atoms with E-state index in [1.807, 2.05) is 36.4 Å². The van der Waals surface area contributed by atoms with Crippen molar-refractivity contribution in [1.82, 2.24) is 9.55 Å². The highest BCUT2D eigenvalue weighted by atomic mass is 35.5. The van der Waals surface area contributed by atoms with Gasteiger partial charge in [-0.15, -0.1) is 0 Å². The van der Waals surface area contributed by atoms with E-state index in [1.165, 1.54) is 0 Å². The predicted molar refractivity (Wildman–Crippen MR) is 130 cm³/mol. The second-order valence-electron chi connectivity index (χ2n) is 8.08. The zero-order chi connectivity index (χ0) is 22.9. The zero-order valence-electron chi connectivity index (χ0n) is 18.5. The van der Waals surface area contributed by atoms with E-state index in [4.69, 9.17) is 26.1 Å². The normalized spacial score (nSPS) is 15.9. The minimum absolute atomic E-state index is 0.0245. The number of amides is 1. The molecule has 3 aromatic carbocycles. The second kappa shape index (κ2) is 8.79. The van der Waals surface area contributed by atoms with Gasteiger partial charge >= 0.3 is 0 Å². The van der Waals surface area contributed by atoms with Crippen LogP contribution in [0.4, 0.5) is 5.69 Å². The Morgan fingerprint density at radius 1 is 1.00 bits per heavy atom. The lowest BCUT2D eigenvalue weighted by Crippen LogP contribution is -2.25. The van der Waals surface area contributed by atoms with Crippen LogP contribution < -0.4 is 14.4 Å². The molecule has 1 aliphatic heterocycles. The highest BCUT2D eigenvalue weighted by molar-refractivity contribution is 6.31. The Bertz CT molecular complexity index is 1330. The fraction of sp³-hybridized carbons (Fsp3) is 0.231. The van der Waals surface area contributed by atoms with Crippen molar-refractivity contribution in [2.45, 2.75) is 18.9 Å². The van der Waals surface area contributed by atoms with E-state index in [1.54, 1.807) is 37.3 Å². The topological polar surface area (TPSA) is 56.6 Å². The van der Waals surface area contributed by atoms with Crippen molar-refractivity contribution in [3.63, 3.8) is 0 Å². The van der Waals surface area contributed by atoms with Gasteiger partial charge in [0.05, 0.1) is 37.5 Å². The van der Waals surface area contributed by atoms with E-state index in [0.717, 1.165) is 28.2 Å². The smallest absolute Gasteiger partial charge is 0.227 e. The first-order chi connectivity index (χ1) is 16.1. The van der Waals surface area contributed by atoms with Crippen molar-refractivity contribution in [1.29, 1.82) is 0 Å². The van der Waals surface area contributed by atoms with Crippen molar-refractivity contribution in [2.24, 2.45) is 0 Å². The molecule has 1 aromatic heterocycles. The van der Waals surface area contributed by atoms with Gasteiger partial charge in [-0.05, 0) is 36.4 Å².